The zero-order valence-electron chi connectivity index (χ0n) is 16.0. The first-order valence-electron chi connectivity index (χ1n) is 8.77. The summed E-state index contributed by atoms with van der Waals surface area (Å²) in [6, 6.07) is 9.70. The van der Waals surface area contributed by atoms with E-state index in [1.807, 2.05) is 26.0 Å². The van der Waals surface area contributed by atoms with Crippen molar-refractivity contribution in [2.24, 2.45) is 0 Å². The van der Waals surface area contributed by atoms with Crippen LogP contribution < -0.4 is 10.2 Å². The monoisotopic (exact) mass is 380 g/mol. The maximum Gasteiger partial charge on any atom is 0.338 e. The van der Waals surface area contributed by atoms with E-state index in [4.69, 9.17) is 4.74 Å². The number of aryl methyl sites for hydroxylation is 2. The van der Waals surface area contributed by atoms with Gasteiger partial charge in [0.15, 0.2) is 6.10 Å². The van der Waals surface area contributed by atoms with Crippen molar-refractivity contribution >= 4 is 29.4 Å². The number of esters is 1. The van der Waals surface area contributed by atoms with Gasteiger partial charge in [-0.1, -0.05) is 12.1 Å². The van der Waals surface area contributed by atoms with Gasteiger partial charge in [-0.2, -0.15) is 0 Å². The largest absolute Gasteiger partial charge is 0.449 e. The highest BCUT2D eigenvalue weighted by Gasteiger charge is 2.38. The molecule has 2 aromatic carbocycles. The molecule has 7 heteroatoms. The number of likely N-dealkylation sites (N-methyl/N-ethyl adjacent to an activating group) is 1. The summed E-state index contributed by atoms with van der Waals surface area (Å²) in [6.07, 6.45) is -0.977. The Morgan fingerprint density at radius 2 is 1.68 bits per heavy atom. The predicted octanol–water partition coefficient (Wildman–Crippen LogP) is 2.40. The van der Waals surface area contributed by atoms with Gasteiger partial charge in [0.2, 0.25) is 0 Å². The number of ether oxygens (including phenoxy) is 1. The Bertz CT molecular complexity index is 1010. The van der Waals surface area contributed by atoms with Gasteiger partial charge in [-0.15, -0.1) is 0 Å². The fourth-order valence-electron chi connectivity index (χ4n) is 3.03. The smallest absolute Gasteiger partial charge is 0.338 e. The molecule has 0 saturated heterocycles. The van der Waals surface area contributed by atoms with Crippen LogP contribution in [0.2, 0.25) is 0 Å². The third kappa shape index (κ3) is 3.26. The number of anilines is 1. The summed E-state index contributed by atoms with van der Waals surface area (Å²) in [4.78, 5) is 50.7. The summed E-state index contributed by atoms with van der Waals surface area (Å²) in [6.45, 7) is 5.14. The number of carbonyl (C=O) groups excluding carboxylic acids is 4. The molecule has 1 atom stereocenters. The van der Waals surface area contributed by atoms with E-state index in [1.54, 1.807) is 6.07 Å². The molecule has 1 aliphatic rings. The van der Waals surface area contributed by atoms with Gasteiger partial charge >= 0.3 is 5.97 Å². The fraction of sp³-hybridized carbons (Fsp3) is 0.238. The van der Waals surface area contributed by atoms with E-state index < -0.39 is 29.8 Å². The van der Waals surface area contributed by atoms with E-state index in [9.17, 15) is 19.2 Å². The Balaban J connectivity index is 1.93. The van der Waals surface area contributed by atoms with Gasteiger partial charge in [0.25, 0.3) is 17.7 Å². The van der Waals surface area contributed by atoms with Gasteiger partial charge in [0, 0.05) is 7.05 Å². The first-order chi connectivity index (χ1) is 13.2. The number of hydrogen-bond donors (Lipinski definition) is 1. The van der Waals surface area contributed by atoms with Gasteiger partial charge in [-0.25, -0.2) is 9.69 Å². The first kappa shape index (κ1) is 19.3. The molecule has 1 aliphatic heterocycles. The molecule has 0 aliphatic carbocycles. The zero-order valence-corrected chi connectivity index (χ0v) is 16.0. The van der Waals surface area contributed by atoms with Crippen LogP contribution in [0, 0.1) is 13.8 Å². The molecular weight excluding hydrogens is 360 g/mol. The van der Waals surface area contributed by atoms with Crippen molar-refractivity contribution < 1.29 is 23.9 Å². The summed E-state index contributed by atoms with van der Waals surface area (Å²) < 4.78 is 5.10. The molecule has 2 aromatic rings. The molecule has 1 N–H and O–H groups in total. The lowest BCUT2D eigenvalue weighted by Crippen LogP contribution is -2.33. The van der Waals surface area contributed by atoms with E-state index in [0.717, 1.165) is 16.0 Å². The molecule has 28 heavy (non-hydrogen) atoms. The van der Waals surface area contributed by atoms with Crippen molar-refractivity contribution in [2.45, 2.75) is 26.9 Å². The van der Waals surface area contributed by atoms with Crippen LogP contribution in [0.5, 0.6) is 0 Å². The second kappa shape index (κ2) is 7.26. The molecule has 0 saturated carbocycles. The molecule has 7 nitrogen and oxygen atoms in total. The second-order valence-electron chi connectivity index (χ2n) is 6.66. The van der Waals surface area contributed by atoms with Gasteiger partial charge in [-0.05, 0) is 56.2 Å². The van der Waals surface area contributed by atoms with E-state index >= 15 is 0 Å². The molecule has 0 bridgehead atoms. The Morgan fingerprint density at radius 3 is 2.36 bits per heavy atom. The number of amides is 3. The minimum absolute atomic E-state index is 0.0958. The fourth-order valence-corrected chi connectivity index (χ4v) is 3.03. The Morgan fingerprint density at radius 1 is 1.00 bits per heavy atom. The normalized spacial score (nSPS) is 13.9. The van der Waals surface area contributed by atoms with Crippen molar-refractivity contribution in [3.05, 3.63) is 64.2 Å². The number of hydrogen-bond acceptors (Lipinski definition) is 5. The number of fused-ring (bicyclic) bond motifs is 1. The van der Waals surface area contributed by atoms with Crippen molar-refractivity contribution in [2.75, 3.05) is 11.9 Å². The summed E-state index contributed by atoms with van der Waals surface area (Å²) in [5.74, 6) is -2.12. The Hall–Kier alpha value is -3.48. The van der Waals surface area contributed by atoms with Crippen LogP contribution in [-0.4, -0.2) is 36.8 Å². The van der Waals surface area contributed by atoms with Crippen LogP contribution in [0.4, 0.5) is 5.69 Å². The highest BCUT2D eigenvalue weighted by molar-refractivity contribution is 6.35. The van der Waals surface area contributed by atoms with Gasteiger partial charge in [0.05, 0.1) is 22.4 Å². The van der Waals surface area contributed by atoms with Crippen LogP contribution in [-0.2, 0) is 9.53 Å². The summed E-state index contributed by atoms with van der Waals surface area (Å²) in [5, 5.41) is 2.39. The third-order valence-electron chi connectivity index (χ3n) is 4.63. The van der Waals surface area contributed by atoms with E-state index in [2.05, 4.69) is 5.32 Å². The molecule has 3 amide bonds. The summed E-state index contributed by atoms with van der Waals surface area (Å²) in [5.41, 5.74) is 2.68. The Labute approximate surface area is 162 Å². The molecule has 1 unspecified atom stereocenters. The molecular formula is C21H20N2O5. The maximum atomic E-state index is 12.9. The third-order valence-corrected chi connectivity index (χ3v) is 4.63. The van der Waals surface area contributed by atoms with Crippen LogP contribution in [0.15, 0.2) is 36.4 Å². The maximum absolute atomic E-state index is 12.9. The van der Waals surface area contributed by atoms with Crippen molar-refractivity contribution in [1.29, 1.82) is 0 Å². The van der Waals surface area contributed by atoms with Crippen molar-refractivity contribution in [3.63, 3.8) is 0 Å². The minimum atomic E-state index is -0.977. The molecule has 0 radical (unpaired) electrons. The molecule has 0 fully saturated rings. The zero-order chi connectivity index (χ0) is 20.6. The average Bonchev–Trinajstić information content (AvgIpc) is 2.93. The number of nitrogens with zero attached hydrogens (tertiary/aromatic N) is 1. The van der Waals surface area contributed by atoms with E-state index in [0.29, 0.717) is 5.69 Å². The minimum Gasteiger partial charge on any atom is -0.449 e. The highest BCUT2D eigenvalue weighted by Crippen LogP contribution is 2.31. The number of benzene rings is 2. The molecule has 0 aromatic heterocycles. The van der Waals surface area contributed by atoms with Gasteiger partial charge < -0.3 is 10.1 Å². The van der Waals surface area contributed by atoms with E-state index in [1.165, 1.54) is 32.2 Å². The average molecular weight is 380 g/mol. The lowest BCUT2D eigenvalue weighted by Gasteiger charge is -2.17. The molecule has 144 valence electrons. The predicted molar refractivity (Wildman–Crippen MR) is 102 cm³/mol. The van der Waals surface area contributed by atoms with E-state index in [-0.39, 0.29) is 16.7 Å². The number of carbonyl (C=O) groups is 4. The number of rotatable bonds is 4. The van der Waals surface area contributed by atoms with Crippen LogP contribution in [0.25, 0.3) is 0 Å². The molecule has 3 rings (SSSR count). The SMILES string of the molecule is CNC(=O)C(C)OC(=O)c1ccc2c(c1)C(=O)N(c1cc(C)ccc1C)C2=O. The first-order valence-corrected chi connectivity index (χ1v) is 8.77. The van der Waals surface area contributed by atoms with Crippen molar-refractivity contribution in [3.8, 4) is 0 Å². The quantitative estimate of drug-likeness (QED) is 0.649. The lowest BCUT2D eigenvalue weighted by molar-refractivity contribution is -0.128. The molecule has 0 spiro atoms. The lowest BCUT2D eigenvalue weighted by atomic mass is 10.1. The van der Waals surface area contributed by atoms with Crippen LogP contribution in [0.1, 0.15) is 49.1 Å². The molecule has 1 heterocycles. The van der Waals surface area contributed by atoms with Crippen LogP contribution in [0.3, 0.4) is 0 Å². The number of nitrogens with one attached hydrogen (secondary N) is 1. The van der Waals surface area contributed by atoms with Crippen LogP contribution >= 0.6 is 0 Å². The Kier molecular flexibility index (Phi) is 5.00. The second-order valence-corrected chi connectivity index (χ2v) is 6.66. The standard InChI is InChI=1S/C21H20N2O5/c1-11-5-6-12(2)17(9-11)23-19(25)15-8-7-14(10-16(15)20(23)26)21(27)28-13(3)18(24)22-4/h5-10,13H,1-4H3,(H,22,24). The van der Waals surface area contributed by atoms with Crippen molar-refractivity contribution in [1.82, 2.24) is 5.32 Å². The number of imide groups is 1. The topological polar surface area (TPSA) is 92.8 Å². The van der Waals surface area contributed by atoms with Gasteiger partial charge in [-0.3, -0.25) is 14.4 Å². The summed E-state index contributed by atoms with van der Waals surface area (Å²) >= 11 is 0. The van der Waals surface area contributed by atoms with Gasteiger partial charge in [0.1, 0.15) is 0 Å². The highest BCUT2D eigenvalue weighted by atomic mass is 16.5. The summed E-state index contributed by atoms with van der Waals surface area (Å²) in [7, 11) is 1.44.